The van der Waals surface area contributed by atoms with Gasteiger partial charge in [-0.15, -0.1) is 0 Å². The van der Waals surface area contributed by atoms with Crippen molar-refractivity contribution in [2.75, 3.05) is 0 Å². The van der Waals surface area contributed by atoms with Crippen molar-refractivity contribution >= 4 is 11.6 Å². The number of benzene rings is 1. The molecule has 3 rings (SSSR count). The van der Waals surface area contributed by atoms with E-state index in [1.54, 1.807) is 0 Å². The van der Waals surface area contributed by atoms with E-state index in [9.17, 15) is 0 Å². The number of hydrogen-bond acceptors (Lipinski definition) is 1. The predicted molar refractivity (Wildman–Crippen MR) is 84.7 cm³/mol. The number of hydrogen-bond donors (Lipinski definition) is 0. The molecule has 1 aliphatic rings. The monoisotopic (exact) mass is 266 g/mol. The Morgan fingerprint density at radius 1 is 1.05 bits per heavy atom. The van der Waals surface area contributed by atoms with Crippen LogP contribution in [0, 0.1) is 0 Å². The zero-order valence-corrected chi connectivity index (χ0v) is 12.4. The smallest absolute Gasteiger partial charge is 0.133 e. The Morgan fingerprint density at radius 2 is 1.90 bits per heavy atom. The number of fused-ring (bicyclic) bond motifs is 1. The van der Waals surface area contributed by atoms with Gasteiger partial charge >= 0.3 is 0 Å². The fourth-order valence-electron chi connectivity index (χ4n) is 3.27. The second-order valence-electron chi connectivity index (χ2n) is 5.59. The molecular formula is C19H22O. The molecule has 1 heterocycles. The molecule has 1 aromatic heterocycles. The van der Waals surface area contributed by atoms with Crippen molar-refractivity contribution in [3.8, 4) is 0 Å². The molecule has 1 aromatic carbocycles. The summed E-state index contributed by atoms with van der Waals surface area (Å²) in [6.45, 7) is 4.48. The molecule has 0 fully saturated rings. The molecule has 0 amide bonds. The standard InChI is InChI=1S/C19H22O/c1-3-7-14-11-12-20-19(14)18-13-15-9-5-6-10-16(15)17(18)8-4-2/h5-6,9-13,17H,3-4,7-8H2,1-2H3. The molecule has 1 atom stereocenters. The van der Waals surface area contributed by atoms with Gasteiger partial charge in [0.25, 0.3) is 0 Å². The summed E-state index contributed by atoms with van der Waals surface area (Å²) in [5, 5.41) is 0. The zero-order valence-electron chi connectivity index (χ0n) is 12.4. The number of aryl methyl sites for hydroxylation is 1. The first-order valence-electron chi connectivity index (χ1n) is 7.72. The maximum Gasteiger partial charge on any atom is 0.133 e. The Hall–Kier alpha value is -1.76. The summed E-state index contributed by atoms with van der Waals surface area (Å²) in [4.78, 5) is 0. The third kappa shape index (κ3) is 2.22. The van der Waals surface area contributed by atoms with Crippen LogP contribution < -0.4 is 0 Å². The summed E-state index contributed by atoms with van der Waals surface area (Å²) >= 11 is 0. The molecule has 0 spiro atoms. The van der Waals surface area contributed by atoms with Crippen molar-refractivity contribution in [1.29, 1.82) is 0 Å². The van der Waals surface area contributed by atoms with E-state index in [0.717, 1.165) is 18.6 Å². The first kappa shape index (κ1) is 13.2. The first-order chi connectivity index (χ1) is 9.85. The van der Waals surface area contributed by atoms with Gasteiger partial charge in [0.15, 0.2) is 0 Å². The molecule has 0 radical (unpaired) electrons. The lowest BCUT2D eigenvalue weighted by atomic mass is 9.89. The third-order valence-electron chi connectivity index (χ3n) is 4.16. The summed E-state index contributed by atoms with van der Waals surface area (Å²) < 4.78 is 5.84. The average Bonchev–Trinajstić information content (AvgIpc) is 3.05. The third-order valence-corrected chi connectivity index (χ3v) is 4.16. The molecular weight excluding hydrogens is 244 g/mol. The van der Waals surface area contributed by atoms with Crippen LogP contribution in [0.1, 0.15) is 61.5 Å². The summed E-state index contributed by atoms with van der Waals surface area (Å²) in [5.41, 5.74) is 5.55. The van der Waals surface area contributed by atoms with Crippen LogP contribution in [0.15, 0.2) is 41.0 Å². The number of allylic oxidation sites excluding steroid dienone is 1. The van der Waals surface area contributed by atoms with Crippen LogP contribution in [0.25, 0.3) is 11.6 Å². The van der Waals surface area contributed by atoms with E-state index < -0.39 is 0 Å². The minimum absolute atomic E-state index is 0.498. The van der Waals surface area contributed by atoms with Gasteiger partial charge in [-0.3, -0.25) is 0 Å². The minimum Gasteiger partial charge on any atom is -0.464 e. The van der Waals surface area contributed by atoms with Gasteiger partial charge in [-0.05, 0) is 41.7 Å². The van der Waals surface area contributed by atoms with Crippen LogP contribution in [0.4, 0.5) is 0 Å². The zero-order chi connectivity index (χ0) is 13.9. The van der Waals surface area contributed by atoms with Crippen molar-refractivity contribution in [3.63, 3.8) is 0 Å². The molecule has 1 aliphatic carbocycles. The van der Waals surface area contributed by atoms with Gasteiger partial charge in [-0.1, -0.05) is 51.0 Å². The van der Waals surface area contributed by atoms with Crippen molar-refractivity contribution in [2.24, 2.45) is 0 Å². The molecule has 0 saturated carbocycles. The lowest BCUT2D eigenvalue weighted by molar-refractivity contribution is 0.541. The van der Waals surface area contributed by atoms with Crippen LogP contribution in [-0.2, 0) is 6.42 Å². The molecule has 1 heteroatoms. The Balaban J connectivity index is 2.02. The van der Waals surface area contributed by atoms with E-state index in [1.807, 2.05) is 6.26 Å². The fourth-order valence-corrected chi connectivity index (χ4v) is 3.27. The largest absolute Gasteiger partial charge is 0.464 e. The van der Waals surface area contributed by atoms with Gasteiger partial charge in [-0.25, -0.2) is 0 Å². The molecule has 104 valence electrons. The van der Waals surface area contributed by atoms with E-state index in [-0.39, 0.29) is 0 Å². The summed E-state index contributed by atoms with van der Waals surface area (Å²) in [5.74, 6) is 1.61. The number of furan rings is 1. The van der Waals surface area contributed by atoms with Crippen LogP contribution in [0.2, 0.25) is 0 Å². The molecule has 0 bridgehead atoms. The summed E-state index contributed by atoms with van der Waals surface area (Å²) in [6.07, 6.45) is 8.81. The quantitative estimate of drug-likeness (QED) is 0.679. The maximum atomic E-state index is 5.84. The normalized spacial score (nSPS) is 17.1. The molecule has 0 aliphatic heterocycles. The second kappa shape index (κ2) is 5.70. The van der Waals surface area contributed by atoms with E-state index in [1.165, 1.54) is 35.1 Å². The maximum absolute atomic E-state index is 5.84. The SMILES string of the molecule is CCCc1ccoc1C1=Cc2ccccc2C1CCC. The Labute approximate surface area is 121 Å². The molecule has 1 nitrogen and oxygen atoms in total. The number of rotatable bonds is 5. The van der Waals surface area contributed by atoms with Crippen molar-refractivity contribution < 1.29 is 4.42 Å². The lowest BCUT2D eigenvalue weighted by Gasteiger charge is -2.15. The molecule has 1 unspecified atom stereocenters. The first-order valence-corrected chi connectivity index (χ1v) is 7.72. The molecule has 0 saturated heterocycles. The van der Waals surface area contributed by atoms with Gasteiger partial charge in [0, 0.05) is 11.5 Å². The van der Waals surface area contributed by atoms with E-state index >= 15 is 0 Å². The average molecular weight is 266 g/mol. The Kier molecular flexibility index (Phi) is 3.77. The van der Waals surface area contributed by atoms with Gasteiger partial charge < -0.3 is 4.42 Å². The Morgan fingerprint density at radius 3 is 2.70 bits per heavy atom. The van der Waals surface area contributed by atoms with Gasteiger partial charge in [0.1, 0.15) is 5.76 Å². The highest BCUT2D eigenvalue weighted by Gasteiger charge is 2.28. The van der Waals surface area contributed by atoms with Gasteiger partial charge in [0.05, 0.1) is 6.26 Å². The summed E-state index contributed by atoms with van der Waals surface area (Å²) in [6, 6.07) is 10.9. The predicted octanol–water partition coefficient (Wildman–Crippen LogP) is 5.67. The topological polar surface area (TPSA) is 13.1 Å². The van der Waals surface area contributed by atoms with E-state index in [2.05, 4.69) is 50.3 Å². The van der Waals surface area contributed by atoms with E-state index in [0.29, 0.717) is 5.92 Å². The van der Waals surface area contributed by atoms with E-state index in [4.69, 9.17) is 4.42 Å². The molecule has 0 N–H and O–H groups in total. The van der Waals surface area contributed by atoms with Gasteiger partial charge in [-0.2, -0.15) is 0 Å². The van der Waals surface area contributed by atoms with Crippen LogP contribution in [0.5, 0.6) is 0 Å². The highest BCUT2D eigenvalue weighted by Crippen LogP contribution is 2.45. The van der Waals surface area contributed by atoms with Gasteiger partial charge in [0.2, 0.25) is 0 Å². The second-order valence-corrected chi connectivity index (χ2v) is 5.59. The van der Waals surface area contributed by atoms with Crippen molar-refractivity contribution in [1.82, 2.24) is 0 Å². The molecule has 2 aromatic rings. The Bertz CT molecular complexity index is 618. The fraction of sp³-hybridized carbons (Fsp3) is 0.368. The van der Waals surface area contributed by atoms with Crippen molar-refractivity contribution in [2.45, 2.75) is 45.4 Å². The molecule has 20 heavy (non-hydrogen) atoms. The van der Waals surface area contributed by atoms with Crippen LogP contribution in [-0.4, -0.2) is 0 Å². The minimum atomic E-state index is 0.498. The van der Waals surface area contributed by atoms with Crippen LogP contribution in [0.3, 0.4) is 0 Å². The highest BCUT2D eigenvalue weighted by molar-refractivity contribution is 5.90. The van der Waals surface area contributed by atoms with Crippen LogP contribution >= 0.6 is 0 Å². The van der Waals surface area contributed by atoms with Crippen molar-refractivity contribution in [3.05, 3.63) is 59.0 Å². The highest BCUT2D eigenvalue weighted by atomic mass is 16.3. The summed E-state index contributed by atoms with van der Waals surface area (Å²) in [7, 11) is 0. The lowest BCUT2D eigenvalue weighted by Crippen LogP contribution is -1.99.